The van der Waals surface area contributed by atoms with Crippen LogP contribution in [0.4, 0.5) is 5.82 Å². The van der Waals surface area contributed by atoms with Crippen molar-refractivity contribution in [3.05, 3.63) is 48.8 Å². The van der Waals surface area contributed by atoms with E-state index in [1.54, 1.807) is 12.4 Å². The molecule has 2 aromatic heterocycles. The first-order valence-corrected chi connectivity index (χ1v) is 11.9. The fourth-order valence-corrected chi connectivity index (χ4v) is 6.28. The van der Waals surface area contributed by atoms with Crippen LogP contribution < -0.4 is 9.80 Å². The van der Waals surface area contributed by atoms with Crippen molar-refractivity contribution in [2.75, 3.05) is 42.6 Å². The van der Waals surface area contributed by atoms with E-state index < -0.39 is 9.84 Å². The lowest BCUT2D eigenvalue weighted by Gasteiger charge is -2.36. The number of hydrogen-bond acceptors (Lipinski definition) is 6. The number of anilines is 1. The largest absolute Gasteiger partial charge is 0.345 e. The average molecular weight is 411 g/mol. The topological polar surface area (TPSA) is 80.5 Å². The van der Waals surface area contributed by atoms with E-state index in [0.717, 1.165) is 54.9 Å². The number of sulfone groups is 1. The van der Waals surface area contributed by atoms with E-state index in [-0.39, 0.29) is 6.04 Å². The molecule has 1 atom stereocenters. The third-order valence-electron chi connectivity index (χ3n) is 6.02. The molecule has 1 N–H and O–H groups in total. The molecule has 7 nitrogen and oxygen atoms in total. The maximum absolute atomic E-state index is 11.8. The van der Waals surface area contributed by atoms with Gasteiger partial charge >= 0.3 is 0 Å². The molecule has 3 aromatic rings. The molecule has 0 unspecified atom stereocenters. The van der Waals surface area contributed by atoms with E-state index in [2.05, 4.69) is 16.0 Å². The number of fused-ring (bicyclic) bond motifs is 1. The second kappa shape index (κ2) is 7.35. The summed E-state index contributed by atoms with van der Waals surface area (Å²) in [7, 11) is -2.84. The van der Waals surface area contributed by atoms with Crippen LogP contribution in [0.15, 0.2) is 48.8 Å². The number of nitrogens with zero attached hydrogens (tertiary/aromatic N) is 4. The van der Waals surface area contributed by atoms with Crippen LogP contribution in [0.1, 0.15) is 6.42 Å². The molecular formula is C21H24N5O2S+. The van der Waals surface area contributed by atoms with Gasteiger partial charge in [-0.15, -0.1) is 0 Å². The Morgan fingerprint density at radius 3 is 2.59 bits per heavy atom. The number of hydrogen-bond donors (Lipinski definition) is 1. The van der Waals surface area contributed by atoms with Crippen LogP contribution in [-0.4, -0.2) is 67.1 Å². The van der Waals surface area contributed by atoms with Crippen molar-refractivity contribution in [3.63, 3.8) is 0 Å². The van der Waals surface area contributed by atoms with E-state index in [1.165, 1.54) is 4.90 Å². The number of benzene rings is 1. The standard InChI is InChI=1S/C21H23N5O2S/c27-29(28)13-7-17(15-29)25-9-11-26(12-10-25)21-18-5-1-2-6-19(18)23-20(24-21)16-4-3-8-22-14-16/h1-6,8,14,17H,7,9-13,15H2/p+1/t17-/m1/s1. The molecule has 1 aromatic carbocycles. The van der Waals surface area contributed by atoms with Crippen LogP contribution in [0.25, 0.3) is 22.3 Å². The minimum atomic E-state index is -2.84. The van der Waals surface area contributed by atoms with Gasteiger partial charge in [-0.2, -0.15) is 0 Å². The van der Waals surface area contributed by atoms with Crippen LogP contribution in [0.5, 0.6) is 0 Å². The van der Waals surface area contributed by atoms with Gasteiger partial charge in [0, 0.05) is 29.8 Å². The molecule has 0 radical (unpaired) electrons. The summed E-state index contributed by atoms with van der Waals surface area (Å²) in [6, 6.07) is 12.2. The zero-order valence-corrected chi connectivity index (χ0v) is 17.0. The van der Waals surface area contributed by atoms with Crippen molar-refractivity contribution in [1.82, 2.24) is 15.0 Å². The molecule has 0 saturated carbocycles. The van der Waals surface area contributed by atoms with Crippen LogP contribution >= 0.6 is 0 Å². The summed E-state index contributed by atoms with van der Waals surface area (Å²) in [4.78, 5) is 17.6. The first-order valence-electron chi connectivity index (χ1n) is 10.1. The molecule has 2 aliphatic heterocycles. The van der Waals surface area contributed by atoms with Crippen molar-refractivity contribution in [2.24, 2.45) is 0 Å². The van der Waals surface area contributed by atoms with Crippen molar-refractivity contribution < 1.29 is 13.3 Å². The van der Waals surface area contributed by atoms with Gasteiger partial charge in [0.05, 0.1) is 37.4 Å². The van der Waals surface area contributed by atoms with Gasteiger partial charge in [-0.1, -0.05) is 12.1 Å². The summed E-state index contributed by atoms with van der Waals surface area (Å²) in [6.45, 7) is 3.58. The third kappa shape index (κ3) is 3.70. The Morgan fingerprint density at radius 1 is 1.03 bits per heavy atom. The quantitative estimate of drug-likeness (QED) is 0.681. The summed E-state index contributed by atoms with van der Waals surface area (Å²) in [5.41, 5.74) is 1.83. The molecule has 2 fully saturated rings. The average Bonchev–Trinajstić information content (AvgIpc) is 3.13. The highest BCUT2D eigenvalue weighted by Gasteiger charge is 2.37. The normalized spacial score (nSPS) is 22.2. The predicted molar refractivity (Wildman–Crippen MR) is 113 cm³/mol. The van der Waals surface area contributed by atoms with E-state index in [9.17, 15) is 8.42 Å². The van der Waals surface area contributed by atoms with Crippen LogP contribution in [-0.2, 0) is 9.84 Å². The Balaban J connectivity index is 1.43. The molecule has 4 heterocycles. The van der Waals surface area contributed by atoms with Gasteiger partial charge < -0.3 is 9.80 Å². The van der Waals surface area contributed by atoms with E-state index in [4.69, 9.17) is 9.97 Å². The molecule has 2 saturated heterocycles. The lowest BCUT2D eigenvalue weighted by atomic mass is 10.1. The Hall–Kier alpha value is -2.58. The van der Waals surface area contributed by atoms with Gasteiger partial charge in [-0.25, -0.2) is 18.4 Å². The SMILES string of the molecule is O=S1(=O)CC[C@@H]([NH+]2CCN(c3nc(-c4cccnc4)nc4ccccc34)CC2)C1. The lowest BCUT2D eigenvalue weighted by Crippen LogP contribution is -3.18. The molecule has 0 amide bonds. The van der Waals surface area contributed by atoms with Gasteiger partial charge in [0.15, 0.2) is 15.7 Å². The molecule has 2 aliphatic rings. The molecular weight excluding hydrogens is 386 g/mol. The van der Waals surface area contributed by atoms with E-state index >= 15 is 0 Å². The van der Waals surface area contributed by atoms with Crippen molar-refractivity contribution in [3.8, 4) is 11.4 Å². The zero-order chi connectivity index (χ0) is 19.8. The Bertz CT molecular complexity index is 1130. The first kappa shape index (κ1) is 18.4. The van der Waals surface area contributed by atoms with Gasteiger partial charge in [-0.3, -0.25) is 4.98 Å². The van der Waals surface area contributed by atoms with Crippen LogP contribution in [0, 0.1) is 0 Å². The number of quaternary nitrogens is 1. The number of para-hydroxylation sites is 1. The molecule has 29 heavy (non-hydrogen) atoms. The molecule has 0 bridgehead atoms. The summed E-state index contributed by atoms with van der Waals surface area (Å²) < 4.78 is 23.7. The Kier molecular flexibility index (Phi) is 4.67. The van der Waals surface area contributed by atoms with Crippen molar-refractivity contribution in [1.29, 1.82) is 0 Å². The second-order valence-electron chi connectivity index (χ2n) is 7.87. The minimum absolute atomic E-state index is 0.246. The fourth-order valence-electron chi connectivity index (χ4n) is 4.46. The highest BCUT2D eigenvalue weighted by atomic mass is 32.2. The summed E-state index contributed by atoms with van der Waals surface area (Å²) >= 11 is 0. The number of rotatable bonds is 3. The molecule has 0 spiro atoms. The van der Waals surface area contributed by atoms with E-state index in [1.807, 2.05) is 30.3 Å². The molecule has 150 valence electrons. The first-order chi connectivity index (χ1) is 14.1. The smallest absolute Gasteiger partial charge is 0.163 e. The molecule has 0 aliphatic carbocycles. The Morgan fingerprint density at radius 2 is 1.86 bits per heavy atom. The third-order valence-corrected chi connectivity index (χ3v) is 7.79. The molecule has 8 heteroatoms. The lowest BCUT2D eigenvalue weighted by molar-refractivity contribution is -0.922. The number of pyridine rings is 1. The predicted octanol–water partition coefficient (Wildman–Crippen LogP) is 0.584. The number of aromatic nitrogens is 3. The highest BCUT2D eigenvalue weighted by molar-refractivity contribution is 7.91. The zero-order valence-electron chi connectivity index (χ0n) is 16.2. The highest BCUT2D eigenvalue weighted by Crippen LogP contribution is 2.27. The second-order valence-corrected chi connectivity index (χ2v) is 10.1. The van der Waals surface area contributed by atoms with Gasteiger partial charge in [0.25, 0.3) is 0 Å². The molecule has 5 rings (SSSR count). The van der Waals surface area contributed by atoms with Gasteiger partial charge in [0.2, 0.25) is 0 Å². The fraction of sp³-hybridized carbons (Fsp3) is 0.381. The van der Waals surface area contributed by atoms with Crippen molar-refractivity contribution >= 4 is 26.6 Å². The minimum Gasteiger partial charge on any atom is -0.345 e. The summed E-state index contributed by atoms with van der Waals surface area (Å²) in [5.74, 6) is 2.32. The van der Waals surface area contributed by atoms with Crippen molar-refractivity contribution in [2.45, 2.75) is 12.5 Å². The number of piperazine rings is 1. The monoisotopic (exact) mass is 410 g/mol. The Labute approximate surface area is 170 Å². The maximum atomic E-state index is 11.8. The number of nitrogens with one attached hydrogen (secondary N) is 1. The summed E-state index contributed by atoms with van der Waals surface area (Å²) in [6.07, 6.45) is 4.33. The summed E-state index contributed by atoms with van der Waals surface area (Å²) in [5, 5.41) is 1.05. The van der Waals surface area contributed by atoms with Gasteiger partial charge in [0.1, 0.15) is 17.6 Å². The maximum Gasteiger partial charge on any atom is 0.163 e. The van der Waals surface area contributed by atoms with E-state index in [0.29, 0.717) is 17.3 Å². The van der Waals surface area contributed by atoms with Gasteiger partial charge in [-0.05, 0) is 24.3 Å². The van der Waals surface area contributed by atoms with Crippen LogP contribution in [0.2, 0.25) is 0 Å². The van der Waals surface area contributed by atoms with Crippen LogP contribution in [0.3, 0.4) is 0 Å².